The second-order valence-corrected chi connectivity index (χ2v) is 6.52. The lowest BCUT2D eigenvalue weighted by molar-refractivity contribution is -0.132. The topological polar surface area (TPSA) is 56.0 Å². The first-order valence-corrected chi connectivity index (χ1v) is 8.32. The molecule has 2 aromatic rings. The molecule has 1 aliphatic rings. The van der Waals surface area contributed by atoms with Gasteiger partial charge in [-0.05, 0) is 45.2 Å². The van der Waals surface area contributed by atoms with Crippen LogP contribution in [0.15, 0.2) is 18.5 Å². The minimum absolute atomic E-state index is 0.226. The van der Waals surface area contributed by atoms with E-state index in [0.29, 0.717) is 13.0 Å². The van der Waals surface area contributed by atoms with Crippen LogP contribution in [0.3, 0.4) is 0 Å². The van der Waals surface area contributed by atoms with Gasteiger partial charge in [-0.25, -0.2) is 0 Å². The SMILES string of the molecule is Cc1cnn(CC2CCCN2C(=O)CCn2nc(C)cc2C)c1. The standard InChI is InChI=1S/C17H25N5O/c1-13-10-18-20(11-13)12-16-5-4-7-21(16)17(23)6-8-22-15(3)9-14(2)19-22/h9-11,16H,4-8,12H2,1-3H3. The molecule has 1 aliphatic heterocycles. The van der Waals surface area contributed by atoms with Crippen molar-refractivity contribution in [3.63, 3.8) is 0 Å². The Morgan fingerprint density at radius 2 is 2.17 bits per heavy atom. The summed E-state index contributed by atoms with van der Waals surface area (Å²) in [6.07, 6.45) is 6.55. The van der Waals surface area contributed by atoms with Gasteiger partial charge in [0, 0.05) is 31.4 Å². The van der Waals surface area contributed by atoms with E-state index in [4.69, 9.17) is 0 Å². The number of hydrogen-bond acceptors (Lipinski definition) is 3. The highest BCUT2D eigenvalue weighted by molar-refractivity contribution is 5.76. The highest BCUT2D eigenvalue weighted by Gasteiger charge is 2.28. The van der Waals surface area contributed by atoms with Crippen LogP contribution in [0.25, 0.3) is 0 Å². The van der Waals surface area contributed by atoms with E-state index in [9.17, 15) is 4.79 Å². The molecule has 1 unspecified atom stereocenters. The Morgan fingerprint density at radius 3 is 2.83 bits per heavy atom. The molecule has 3 heterocycles. The van der Waals surface area contributed by atoms with E-state index in [-0.39, 0.29) is 11.9 Å². The molecule has 0 N–H and O–H groups in total. The van der Waals surface area contributed by atoms with Gasteiger partial charge in [0.05, 0.1) is 24.5 Å². The first-order valence-electron chi connectivity index (χ1n) is 8.32. The second kappa shape index (κ2) is 6.56. The minimum atomic E-state index is 0.226. The Morgan fingerprint density at radius 1 is 1.35 bits per heavy atom. The van der Waals surface area contributed by atoms with Gasteiger partial charge < -0.3 is 4.90 Å². The first kappa shape index (κ1) is 15.8. The molecule has 0 spiro atoms. The number of amides is 1. The third-order valence-corrected chi connectivity index (χ3v) is 4.50. The summed E-state index contributed by atoms with van der Waals surface area (Å²) in [7, 11) is 0. The molecule has 23 heavy (non-hydrogen) atoms. The van der Waals surface area contributed by atoms with E-state index in [1.54, 1.807) is 0 Å². The third kappa shape index (κ3) is 3.63. The number of aryl methyl sites for hydroxylation is 4. The molecule has 0 bridgehead atoms. The van der Waals surface area contributed by atoms with Crippen molar-refractivity contribution < 1.29 is 4.79 Å². The Bertz CT molecular complexity index is 687. The van der Waals surface area contributed by atoms with Crippen molar-refractivity contribution in [1.29, 1.82) is 0 Å². The first-order chi connectivity index (χ1) is 11.0. The van der Waals surface area contributed by atoms with Gasteiger partial charge in [-0.15, -0.1) is 0 Å². The van der Waals surface area contributed by atoms with Crippen molar-refractivity contribution in [3.05, 3.63) is 35.4 Å². The fraction of sp³-hybridized carbons (Fsp3) is 0.588. The third-order valence-electron chi connectivity index (χ3n) is 4.50. The van der Waals surface area contributed by atoms with Gasteiger partial charge in [-0.3, -0.25) is 14.2 Å². The summed E-state index contributed by atoms with van der Waals surface area (Å²) in [6.45, 7) is 8.36. The van der Waals surface area contributed by atoms with E-state index in [1.807, 2.05) is 53.5 Å². The van der Waals surface area contributed by atoms with E-state index >= 15 is 0 Å². The molecule has 1 amide bonds. The smallest absolute Gasteiger partial charge is 0.224 e. The molecular weight excluding hydrogens is 290 g/mol. The lowest BCUT2D eigenvalue weighted by Gasteiger charge is -2.25. The predicted molar refractivity (Wildman–Crippen MR) is 88.0 cm³/mol. The Balaban J connectivity index is 1.58. The Hall–Kier alpha value is -2.11. The highest BCUT2D eigenvalue weighted by atomic mass is 16.2. The average Bonchev–Trinajstić information content (AvgIpc) is 3.19. The van der Waals surface area contributed by atoms with Crippen LogP contribution in [-0.4, -0.2) is 43.0 Å². The van der Waals surface area contributed by atoms with Crippen LogP contribution >= 0.6 is 0 Å². The summed E-state index contributed by atoms with van der Waals surface area (Å²) in [4.78, 5) is 14.6. The summed E-state index contributed by atoms with van der Waals surface area (Å²) in [5, 5.41) is 8.78. The van der Waals surface area contributed by atoms with Crippen molar-refractivity contribution in [2.24, 2.45) is 0 Å². The molecular formula is C17H25N5O. The fourth-order valence-corrected chi connectivity index (χ4v) is 3.38. The zero-order valence-corrected chi connectivity index (χ0v) is 14.2. The van der Waals surface area contributed by atoms with Crippen LogP contribution in [0.4, 0.5) is 0 Å². The zero-order valence-electron chi connectivity index (χ0n) is 14.2. The molecule has 2 aromatic heterocycles. The van der Waals surface area contributed by atoms with Gasteiger partial charge in [-0.2, -0.15) is 10.2 Å². The van der Waals surface area contributed by atoms with Gasteiger partial charge in [0.1, 0.15) is 0 Å². The molecule has 1 atom stereocenters. The number of carbonyl (C=O) groups excluding carboxylic acids is 1. The Kier molecular flexibility index (Phi) is 4.50. The molecule has 0 aliphatic carbocycles. The summed E-state index contributed by atoms with van der Waals surface area (Å²) in [6, 6.07) is 2.31. The number of nitrogens with zero attached hydrogens (tertiary/aromatic N) is 5. The van der Waals surface area contributed by atoms with Crippen LogP contribution in [-0.2, 0) is 17.9 Å². The molecule has 124 valence electrons. The fourth-order valence-electron chi connectivity index (χ4n) is 3.38. The van der Waals surface area contributed by atoms with E-state index in [1.165, 1.54) is 0 Å². The number of likely N-dealkylation sites (tertiary alicyclic amines) is 1. The Labute approximate surface area is 137 Å². The molecule has 1 saturated heterocycles. The molecule has 1 fully saturated rings. The summed E-state index contributed by atoms with van der Waals surface area (Å²) in [5.41, 5.74) is 3.27. The van der Waals surface area contributed by atoms with Gasteiger partial charge in [-0.1, -0.05) is 0 Å². The van der Waals surface area contributed by atoms with Gasteiger partial charge >= 0.3 is 0 Å². The maximum absolute atomic E-state index is 12.6. The van der Waals surface area contributed by atoms with Crippen LogP contribution in [0.2, 0.25) is 0 Å². The highest BCUT2D eigenvalue weighted by Crippen LogP contribution is 2.20. The summed E-state index contributed by atoms with van der Waals surface area (Å²) in [5.74, 6) is 0.226. The predicted octanol–water partition coefficient (Wildman–Crippen LogP) is 2.09. The molecule has 0 aromatic carbocycles. The maximum atomic E-state index is 12.6. The van der Waals surface area contributed by atoms with E-state index in [2.05, 4.69) is 10.2 Å². The normalized spacial score (nSPS) is 17.9. The van der Waals surface area contributed by atoms with Crippen LogP contribution in [0, 0.1) is 20.8 Å². The van der Waals surface area contributed by atoms with Crippen molar-refractivity contribution in [2.75, 3.05) is 6.54 Å². The lowest BCUT2D eigenvalue weighted by atomic mass is 10.2. The molecule has 0 radical (unpaired) electrons. The van der Waals surface area contributed by atoms with Crippen molar-refractivity contribution in [2.45, 2.75) is 59.2 Å². The van der Waals surface area contributed by atoms with Gasteiger partial charge in [0.25, 0.3) is 0 Å². The number of rotatable bonds is 5. The van der Waals surface area contributed by atoms with Gasteiger partial charge in [0.15, 0.2) is 0 Å². The zero-order chi connectivity index (χ0) is 16.4. The van der Waals surface area contributed by atoms with E-state index < -0.39 is 0 Å². The van der Waals surface area contributed by atoms with Crippen LogP contribution in [0.1, 0.15) is 36.2 Å². The van der Waals surface area contributed by atoms with Crippen LogP contribution in [0.5, 0.6) is 0 Å². The summed E-state index contributed by atoms with van der Waals surface area (Å²) >= 11 is 0. The second-order valence-electron chi connectivity index (χ2n) is 6.52. The molecule has 6 heteroatoms. The minimum Gasteiger partial charge on any atom is -0.338 e. The van der Waals surface area contributed by atoms with Gasteiger partial charge in [0.2, 0.25) is 5.91 Å². The molecule has 0 saturated carbocycles. The largest absolute Gasteiger partial charge is 0.338 e. The molecule has 6 nitrogen and oxygen atoms in total. The number of carbonyl (C=O) groups is 1. The van der Waals surface area contributed by atoms with Crippen molar-refractivity contribution in [1.82, 2.24) is 24.5 Å². The quantitative estimate of drug-likeness (QED) is 0.849. The molecule has 3 rings (SSSR count). The number of aromatic nitrogens is 4. The van der Waals surface area contributed by atoms with Crippen molar-refractivity contribution >= 4 is 5.91 Å². The summed E-state index contributed by atoms with van der Waals surface area (Å²) < 4.78 is 3.88. The number of hydrogen-bond donors (Lipinski definition) is 0. The lowest BCUT2D eigenvalue weighted by Crippen LogP contribution is -2.38. The van der Waals surface area contributed by atoms with E-state index in [0.717, 1.165) is 42.9 Å². The van der Waals surface area contributed by atoms with Crippen LogP contribution < -0.4 is 0 Å². The maximum Gasteiger partial charge on any atom is 0.224 e. The average molecular weight is 315 g/mol. The monoisotopic (exact) mass is 315 g/mol. The van der Waals surface area contributed by atoms with Crippen molar-refractivity contribution in [3.8, 4) is 0 Å².